The summed E-state index contributed by atoms with van der Waals surface area (Å²) in [5, 5.41) is 4.05. The summed E-state index contributed by atoms with van der Waals surface area (Å²) in [4.78, 5) is 27.3. The van der Waals surface area contributed by atoms with Gasteiger partial charge >= 0.3 is 11.9 Å². The highest BCUT2D eigenvalue weighted by molar-refractivity contribution is 5.69. The predicted octanol–water partition coefficient (Wildman–Crippen LogP) is 11.8. The summed E-state index contributed by atoms with van der Waals surface area (Å²) in [6.45, 7) is 14.9. The smallest absolute Gasteiger partial charge is 0.305 e. The molecular formula is C49H96N2O8. The van der Waals surface area contributed by atoms with Crippen molar-refractivity contribution in [3.63, 3.8) is 0 Å². The zero-order valence-corrected chi connectivity index (χ0v) is 39.4. The first-order valence-corrected chi connectivity index (χ1v) is 25.1. The van der Waals surface area contributed by atoms with Gasteiger partial charge in [-0.3, -0.25) is 9.59 Å². The third-order valence-corrected chi connectivity index (χ3v) is 11.5. The van der Waals surface area contributed by atoms with Crippen LogP contribution in [0.5, 0.6) is 0 Å². The average molecular weight is 841 g/mol. The van der Waals surface area contributed by atoms with Gasteiger partial charge in [-0.2, -0.15) is 0 Å². The standard InChI is InChI=1S/C49H96N2O8/c1-6-10-22-40-56-48(57-41-23-11-7-2)32-30-46(52)54-38-26-18-14-16-20-28-44(50-45-34-36-51(5)37-35-45)29-21-17-15-19-27-39-55-47(53)31-33-49(58-42-24-12-8-3)59-43-25-13-9-4/h44-45,48-50H,6-43H2,1-5H3. The Morgan fingerprint density at radius 3 is 1.19 bits per heavy atom. The van der Waals surface area contributed by atoms with Gasteiger partial charge in [-0.15, -0.1) is 0 Å². The molecule has 1 aliphatic rings. The molecule has 0 saturated carbocycles. The Balaban J connectivity index is 2.25. The van der Waals surface area contributed by atoms with E-state index >= 15 is 0 Å². The lowest BCUT2D eigenvalue weighted by Crippen LogP contribution is -2.45. The lowest BCUT2D eigenvalue weighted by molar-refractivity contribution is -0.159. The molecule has 1 rings (SSSR count). The van der Waals surface area contributed by atoms with Crippen LogP contribution in [0, 0.1) is 0 Å². The third kappa shape index (κ3) is 35.9. The second-order valence-electron chi connectivity index (χ2n) is 17.2. The zero-order valence-electron chi connectivity index (χ0n) is 39.4. The van der Waals surface area contributed by atoms with Crippen molar-refractivity contribution < 1.29 is 38.0 Å². The van der Waals surface area contributed by atoms with Gasteiger partial charge in [0.2, 0.25) is 0 Å². The van der Waals surface area contributed by atoms with E-state index < -0.39 is 0 Å². The molecule has 1 saturated heterocycles. The van der Waals surface area contributed by atoms with Gasteiger partial charge in [-0.25, -0.2) is 0 Å². The van der Waals surface area contributed by atoms with Crippen molar-refractivity contribution in [3.05, 3.63) is 0 Å². The van der Waals surface area contributed by atoms with Crippen molar-refractivity contribution in [2.45, 2.75) is 245 Å². The average Bonchev–Trinajstić information content (AvgIpc) is 3.24. The van der Waals surface area contributed by atoms with Crippen LogP contribution in [0.2, 0.25) is 0 Å². The quantitative estimate of drug-likeness (QED) is 0.0362. The predicted molar refractivity (Wildman–Crippen MR) is 243 cm³/mol. The second-order valence-corrected chi connectivity index (χ2v) is 17.2. The minimum Gasteiger partial charge on any atom is -0.466 e. The number of unbranched alkanes of at least 4 members (excludes halogenated alkanes) is 16. The number of likely N-dealkylation sites (tertiary alicyclic amines) is 1. The Morgan fingerprint density at radius 2 is 0.814 bits per heavy atom. The maximum absolute atomic E-state index is 12.4. The number of hydrogen-bond acceptors (Lipinski definition) is 10. The molecule has 1 fully saturated rings. The van der Waals surface area contributed by atoms with E-state index in [9.17, 15) is 9.59 Å². The molecule has 0 amide bonds. The van der Waals surface area contributed by atoms with Crippen LogP contribution < -0.4 is 5.32 Å². The molecule has 0 spiro atoms. The van der Waals surface area contributed by atoms with Gasteiger partial charge in [-0.05, 0) is 84.3 Å². The highest BCUT2D eigenvalue weighted by Gasteiger charge is 2.20. The van der Waals surface area contributed by atoms with E-state index in [0.29, 0.717) is 77.4 Å². The van der Waals surface area contributed by atoms with Crippen molar-refractivity contribution in [2.24, 2.45) is 0 Å². The van der Waals surface area contributed by atoms with Gasteiger partial charge in [0, 0.05) is 51.4 Å². The fourth-order valence-electron chi connectivity index (χ4n) is 7.55. The van der Waals surface area contributed by atoms with Crippen LogP contribution in [0.4, 0.5) is 0 Å². The summed E-state index contributed by atoms with van der Waals surface area (Å²) < 4.78 is 34.9. The molecule has 59 heavy (non-hydrogen) atoms. The van der Waals surface area contributed by atoms with Crippen molar-refractivity contribution in [1.29, 1.82) is 0 Å². The topological polar surface area (TPSA) is 105 Å². The molecule has 1 aliphatic heterocycles. The summed E-state index contributed by atoms with van der Waals surface area (Å²) >= 11 is 0. The Hall–Kier alpha value is -1.30. The Bertz CT molecular complexity index is 834. The minimum absolute atomic E-state index is 0.141. The number of esters is 2. The molecule has 1 heterocycles. The Morgan fingerprint density at radius 1 is 0.475 bits per heavy atom. The van der Waals surface area contributed by atoms with Gasteiger partial charge in [0.05, 0.1) is 26.1 Å². The van der Waals surface area contributed by atoms with Crippen molar-refractivity contribution in [1.82, 2.24) is 10.2 Å². The van der Waals surface area contributed by atoms with Crippen LogP contribution in [0.1, 0.15) is 220 Å². The minimum atomic E-state index is -0.312. The van der Waals surface area contributed by atoms with E-state index in [1.54, 1.807) is 0 Å². The van der Waals surface area contributed by atoms with Crippen LogP contribution in [-0.2, 0) is 38.0 Å². The van der Waals surface area contributed by atoms with Crippen molar-refractivity contribution in [2.75, 3.05) is 59.8 Å². The molecule has 1 N–H and O–H groups in total. The van der Waals surface area contributed by atoms with E-state index in [4.69, 9.17) is 28.4 Å². The normalized spacial score (nSPS) is 14.0. The molecule has 0 aromatic carbocycles. The highest BCUT2D eigenvalue weighted by Crippen LogP contribution is 2.18. The summed E-state index contributed by atoms with van der Waals surface area (Å²) in [6.07, 6.45) is 30.8. The molecule has 0 aromatic heterocycles. The van der Waals surface area contributed by atoms with E-state index in [0.717, 1.165) is 103 Å². The first-order valence-electron chi connectivity index (χ1n) is 25.1. The lowest BCUT2D eigenvalue weighted by Gasteiger charge is -2.33. The fourth-order valence-corrected chi connectivity index (χ4v) is 7.55. The zero-order chi connectivity index (χ0) is 42.9. The SMILES string of the molecule is CCCCCOC(CCC(=O)OCCCCCCCC(CCCCCCCOC(=O)CCC(OCCCCC)OCCCCC)NC1CCN(C)CC1)OCCCCC. The van der Waals surface area contributed by atoms with Gasteiger partial charge in [0.15, 0.2) is 12.6 Å². The molecule has 10 heteroatoms. The number of carbonyl (C=O) groups excluding carboxylic acids is 2. The molecule has 0 bridgehead atoms. The second kappa shape index (κ2) is 42.0. The number of rotatable bonds is 44. The summed E-state index contributed by atoms with van der Waals surface area (Å²) in [7, 11) is 2.23. The molecule has 0 unspecified atom stereocenters. The summed E-state index contributed by atoms with van der Waals surface area (Å²) in [5.41, 5.74) is 0. The third-order valence-electron chi connectivity index (χ3n) is 11.5. The van der Waals surface area contributed by atoms with Crippen LogP contribution >= 0.6 is 0 Å². The molecule has 350 valence electrons. The van der Waals surface area contributed by atoms with Crippen molar-refractivity contribution >= 4 is 11.9 Å². The monoisotopic (exact) mass is 841 g/mol. The van der Waals surface area contributed by atoms with Gasteiger partial charge in [-0.1, -0.05) is 130 Å². The molecule has 0 aromatic rings. The van der Waals surface area contributed by atoms with Crippen molar-refractivity contribution in [3.8, 4) is 0 Å². The largest absolute Gasteiger partial charge is 0.466 e. The number of nitrogens with one attached hydrogen (secondary N) is 1. The molecular weight excluding hydrogens is 745 g/mol. The molecule has 0 atom stereocenters. The number of hydrogen-bond donors (Lipinski definition) is 1. The van der Waals surface area contributed by atoms with Crippen LogP contribution in [-0.4, -0.2) is 101 Å². The molecule has 0 aliphatic carbocycles. The van der Waals surface area contributed by atoms with E-state index in [-0.39, 0.29) is 24.5 Å². The number of piperidine rings is 1. The maximum Gasteiger partial charge on any atom is 0.305 e. The summed E-state index contributed by atoms with van der Waals surface area (Å²) in [6, 6.07) is 1.21. The number of carbonyl (C=O) groups is 2. The van der Waals surface area contributed by atoms with Gasteiger partial charge in [0.1, 0.15) is 0 Å². The van der Waals surface area contributed by atoms with Crippen LogP contribution in [0.3, 0.4) is 0 Å². The van der Waals surface area contributed by atoms with Gasteiger partial charge < -0.3 is 38.6 Å². The van der Waals surface area contributed by atoms with Gasteiger partial charge in [0.25, 0.3) is 0 Å². The highest BCUT2D eigenvalue weighted by atomic mass is 16.7. The molecule has 0 radical (unpaired) electrons. The van der Waals surface area contributed by atoms with E-state index in [1.165, 1.54) is 77.3 Å². The number of nitrogens with zero attached hydrogens (tertiary/aromatic N) is 1. The fraction of sp³-hybridized carbons (Fsp3) is 0.959. The lowest BCUT2D eigenvalue weighted by atomic mass is 9.97. The Labute approximate surface area is 364 Å². The number of ether oxygens (including phenoxy) is 6. The maximum atomic E-state index is 12.4. The van der Waals surface area contributed by atoms with E-state index in [1.807, 2.05) is 0 Å². The summed E-state index contributed by atoms with van der Waals surface area (Å²) in [5.74, 6) is -0.282. The first kappa shape index (κ1) is 55.7. The first-order chi connectivity index (χ1) is 28.9. The Kier molecular flexibility index (Phi) is 39.7. The van der Waals surface area contributed by atoms with E-state index in [2.05, 4.69) is 45.0 Å². The van der Waals surface area contributed by atoms with Crippen LogP contribution in [0.25, 0.3) is 0 Å². The van der Waals surface area contributed by atoms with Crippen LogP contribution in [0.15, 0.2) is 0 Å². The molecule has 10 nitrogen and oxygen atoms in total.